The summed E-state index contributed by atoms with van der Waals surface area (Å²) in [5.41, 5.74) is 0.713. The number of aryl methyl sites for hydroxylation is 1. The Kier molecular flexibility index (Phi) is 1.34. The first-order valence-corrected chi connectivity index (χ1v) is 2.86. The van der Waals surface area contributed by atoms with Gasteiger partial charge in [-0.25, -0.2) is 0 Å². The minimum Gasteiger partial charge on any atom is -0.297 e. The normalized spacial score (nSPS) is 9.12. The fourth-order valence-corrected chi connectivity index (χ4v) is 0.815. The maximum atomic E-state index is 10.0. The Morgan fingerprint density at radius 2 is 2.50 bits per heavy atom. The van der Waals surface area contributed by atoms with Crippen LogP contribution in [0.25, 0.3) is 0 Å². The lowest BCUT2D eigenvalue weighted by Crippen LogP contribution is -1.76. The Labute approximate surface area is 50.5 Å². The number of carbonyl (C=O) groups excluding carboxylic acids is 1. The van der Waals surface area contributed by atoms with Crippen LogP contribution in [0.15, 0.2) is 0 Å². The minimum atomic E-state index is 0.616. The van der Waals surface area contributed by atoms with Crippen LogP contribution in [0.1, 0.15) is 15.4 Å². The van der Waals surface area contributed by atoms with Gasteiger partial charge in [0.25, 0.3) is 0 Å². The quantitative estimate of drug-likeness (QED) is 0.522. The molecular weight excluding hydrogens is 124 g/mol. The average Bonchev–Trinajstić information content (AvgIpc) is 2.14. The van der Waals surface area contributed by atoms with Gasteiger partial charge in [-0.3, -0.25) is 4.79 Å². The second-order valence-corrected chi connectivity index (χ2v) is 2.13. The number of hydrogen-bond acceptors (Lipinski definition) is 4. The maximum Gasteiger partial charge on any atom is 0.163 e. The third-order valence-electron chi connectivity index (χ3n) is 0.794. The summed E-state index contributed by atoms with van der Waals surface area (Å²) in [6.45, 7) is 1.76. The van der Waals surface area contributed by atoms with Gasteiger partial charge < -0.3 is 0 Å². The third-order valence-corrected chi connectivity index (χ3v) is 1.55. The molecule has 0 aromatic carbocycles. The molecule has 0 aliphatic heterocycles. The van der Waals surface area contributed by atoms with E-state index in [0.717, 1.165) is 17.8 Å². The van der Waals surface area contributed by atoms with Gasteiger partial charge in [-0.05, 0) is 18.5 Å². The largest absolute Gasteiger partial charge is 0.297 e. The number of aromatic nitrogens is 2. The van der Waals surface area contributed by atoms with Gasteiger partial charge in [0.2, 0.25) is 0 Å². The van der Waals surface area contributed by atoms with Gasteiger partial charge >= 0.3 is 0 Å². The molecule has 1 heterocycles. The molecule has 0 amide bonds. The molecule has 1 rings (SSSR count). The molecule has 0 fully saturated rings. The molecule has 0 aliphatic rings. The molecule has 0 aliphatic carbocycles. The van der Waals surface area contributed by atoms with Crippen LogP contribution >= 0.6 is 11.5 Å². The van der Waals surface area contributed by atoms with Crippen LogP contribution in [-0.2, 0) is 0 Å². The predicted molar refractivity (Wildman–Crippen MR) is 30.0 cm³/mol. The molecule has 8 heavy (non-hydrogen) atoms. The first-order valence-electron chi connectivity index (χ1n) is 2.08. The molecule has 0 N–H and O–H groups in total. The molecule has 3 nitrogen and oxygen atoms in total. The molecule has 0 saturated carbocycles. The van der Waals surface area contributed by atoms with Crippen molar-refractivity contribution < 1.29 is 4.79 Å². The van der Waals surface area contributed by atoms with Gasteiger partial charge in [0.05, 0.1) is 5.69 Å². The van der Waals surface area contributed by atoms with Gasteiger partial charge in [0.15, 0.2) is 6.29 Å². The zero-order valence-corrected chi connectivity index (χ0v) is 5.10. The highest BCUT2D eigenvalue weighted by Gasteiger charge is 1.97. The van der Waals surface area contributed by atoms with Crippen molar-refractivity contribution in [1.82, 2.24) is 9.59 Å². The van der Waals surface area contributed by atoms with E-state index >= 15 is 0 Å². The number of aldehydes is 1. The summed E-state index contributed by atoms with van der Waals surface area (Å²) in [4.78, 5) is 10.6. The monoisotopic (exact) mass is 128 g/mol. The van der Waals surface area contributed by atoms with Crippen LogP contribution < -0.4 is 0 Å². The van der Waals surface area contributed by atoms with Crippen molar-refractivity contribution in [2.45, 2.75) is 6.92 Å². The van der Waals surface area contributed by atoms with E-state index in [9.17, 15) is 4.79 Å². The first kappa shape index (κ1) is 5.37. The molecule has 42 valence electrons. The molecule has 4 heteroatoms. The highest BCUT2D eigenvalue weighted by Crippen LogP contribution is 2.03. The maximum absolute atomic E-state index is 10.0. The summed E-state index contributed by atoms with van der Waals surface area (Å²) in [5.74, 6) is 0. The van der Waals surface area contributed by atoms with Crippen molar-refractivity contribution in [3.05, 3.63) is 10.6 Å². The zero-order valence-electron chi connectivity index (χ0n) is 4.29. The van der Waals surface area contributed by atoms with Gasteiger partial charge in [-0.1, -0.05) is 4.49 Å². The van der Waals surface area contributed by atoms with Crippen molar-refractivity contribution in [3.63, 3.8) is 0 Å². The summed E-state index contributed by atoms with van der Waals surface area (Å²) in [5, 5.41) is 3.62. The lowest BCUT2D eigenvalue weighted by atomic mass is 10.4. The van der Waals surface area contributed by atoms with Crippen molar-refractivity contribution >= 4 is 17.8 Å². The Hall–Kier alpha value is -0.770. The lowest BCUT2D eigenvalue weighted by molar-refractivity contribution is 0.112. The summed E-state index contributed by atoms with van der Waals surface area (Å²) >= 11 is 1.12. The standard InChI is InChI=1S/C4H4N2OS/c1-3-4(2-7)8-6-5-3/h2H,1H3. The van der Waals surface area contributed by atoms with E-state index in [1.165, 1.54) is 0 Å². The van der Waals surface area contributed by atoms with Crippen molar-refractivity contribution in [1.29, 1.82) is 0 Å². The van der Waals surface area contributed by atoms with E-state index in [0.29, 0.717) is 10.6 Å². The second-order valence-electron chi connectivity index (χ2n) is 1.34. The molecular formula is C4H4N2OS. The Balaban J connectivity index is 3.09. The fraction of sp³-hybridized carbons (Fsp3) is 0.250. The topological polar surface area (TPSA) is 42.9 Å². The summed E-state index contributed by atoms with van der Waals surface area (Å²) < 4.78 is 3.55. The Morgan fingerprint density at radius 1 is 1.75 bits per heavy atom. The van der Waals surface area contributed by atoms with Crippen molar-refractivity contribution in [2.24, 2.45) is 0 Å². The van der Waals surface area contributed by atoms with E-state index in [1.54, 1.807) is 6.92 Å². The van der Waals surface area contributed by atoms with Crippen LogP contribution in [0.4, 0.5) is 0 Å². The van der Waals surface area contributed by atoms with Crippen LogP contribution in [0.3, 0.4) is 0 Å². The zero-order chi connectivity index (χ0) is 5.98. The smallest absolute Gasteiger partial charge is 0.163 e. The van der Waals surface area contributed by atoms with Crippen molar-refractivity contribution in [2.75, 3.05) is 0 Å². The minimum absolute atomic E-state index is 0.616. The van der Waals surface area contributed by atoms with Crippen molar-refractivity contribution in [3.8, 4) is 0 Å². The van der Waals surface area contributed by atoms with Crippen LogP contribution in [0.5, 0.6) is 0 Å². The first-order chi connectivity index (χ1) is 3.84. The second kappa shape index (κ2) is 2.00. The highest BCUT2D eigenvalue weighted by atomic mass is 32.1. The van der Waals surface area contributed by atoms with Crippen LogP contribution in [0, 0.1) is 6.92 Å². The van der Waals surface area contributed by atoms with Gasteiger partial charge in [0, 0.05) is 0 Å². The average molecular weight is 128 g/mol. The molecule has 0 atom stereocenters. The molecule has 0 radical (unpaired) electrons. The third kappa shape index (κ3) is 0.742. The van der Waals surface area contributed by atoms with Crippen LogP contribution in [-0.4, -0.2) is 15.9 Å². The van der Waals surface area contributed by atoms with Gasteiger partial charge in [-0.2, -0.15) is 0 Å². The number of rotatable bonds is 1. The SMILES string of the molecule is Cc1nnsc1C=O. The van der Waals surface area contributed by atoms with Gasteiger partial charge in [0.1, 0.15) is 4.88 Å². The molecule has 0 bridgehead atoms. The molecule has 1 aromatic rings. The van der Waals surface area contributed by atoms with E-state index in [1.807, 2.05) is 0 Å². The predicted octanol–water partition coefficient (Wildman–Crippen LogP) is 0.659. The van der Waals surface area contributed by atoms with E-state index < -0.39 is 0 Å². The van der Waals surface area contributed by atoms with Gasteiger partial charge in [-0.15, -0.1) is 5.10 Å². The van der Waals surface area contributed by atoms with Crippen LogP contribution in [0.2, 0.25) is 0 Å². The Bertz CT molecular complexity index is 196. The number of nitrogens with zero attached hydrogens (tertiary/aromatic N) is 2. The fourth-order valence-electron chi connectivity index (χ4n) is 0.348. The summed E-state index contributed by atoms with van der Waals surface area (Å²) in [7, 11) is 0. The summed E-state index contributed by atoms with van der Waals surface area (Å²) in [6, 6.07) is 0. The van der Waals surface area contributed by atoms with E-state index in [2.05, 4.69) is 9.59 Å². The number of carbonyl (C=O) groups is 1. The molecule has 0 unspecified atom stereocenters. The Morgan fingerprint density at radius 3 is 2.75 bits per heavy atom. The summed E-state index contributed by atoms with van der Waals surface area (Å²) in [6.07, 6.45) is 0.764. The highest BCUT2D eigenvalue weighted by molar-refractivity contribution is 7.07. The molecule has 1 aromatic heterocycles. The van der Waals surface area contributed by atoms with E-state index in [-0.39, 0.29) is 0 Å². The lowest BCUT2D eigenvalue weighted by Gasteiger charge is -1.73. The number of hydrogen-bond donors (Lipinski definition) is 0. The van der Waals surface area contributed by atoms with E-state index in [4.69, 9.17) is 0 Å². The molecule has 0 spiro atoms. The molecule has 0 saturated heterocycles.